The molecule has 0 atom stereocenters. The zero-order valence-corrected chi connectivity index (χ0v) is 14.5. The number of aryl methyl sites for hydroxylation is 1. The fourth-order valence-electron chi connectivity index (χ4n) is 3.75. The third-order valence-electron chi connectivity index (χ3n) is 4.99. The van der Waals surface area contributed by atoms with Crippen molar-refractivity contribution in [3.63, 3.8) is 0 Å². The van der Waals surface area contributed by atoms with E-state index in [-0.39, 0.29) is 0 Å². The van der Waals surface area contributed by atoms with E-state index in [0.717, 1.165) is 29.8 Å². The Balaban J connectivity index is 1.54. The van der Waals surface area contributed by atoms with Gasteiger partial charge in [0.25, 0.3) is 0 Å². The first kappa shape index (κ1) is 15.0. The average molecular weight is 341 g/mol. The van der Waals surface area contributed by atoms with Gasteiger partial charge in [0.2, 0.25) is 0 Å². The molecule has 2 N–H and O–H groups in total. The fraction of sp³-hybridized carbons (Fsp3) is 0.143. The van der Waals surface area contributed by atoms with Crippen molar-refractivity contribution in [1.29, 1.82) is 0 Å². The number of aromatic amines is 1. The molecule has 3 heterocycles. The molecule has 5 nitrogen and oxygen atoms in total. The van der Waals surface area contributed by atoms with Crippen LogP contribution >= 0.6 is 0 Å². The lowest BCUT2D eigenvalue weighted by Gasteiger charge is -2.08. The maximum Gasteiger partial charge on any atom is 0.157 e. The molecule has 5 aromatic rings. The van der Waals surface area contributed by atoms with Crippen molar-refractivity contribution < 1.29 is 0 Å². The van der Waals surface area contributed by atoms with E-state index in [0.29, 0.717) is 0 Å². The Morgan fingerprint density at radius 3 is 2.81 bits per heavy atom. The van der Waals surface area contributed by atoms with Crippen LogP contribution < -0.4 is 5.32 Å². The smallest absolute Gasteiger partial charge is 0.157 e. The fourth-order valence-corrected chi connectivity index (χ4v) is 3.75. The number of nitrogens with one attached hydrogen (secondary N) is 2. The molecule has 0 aliphatic rings. The van der Waals surface area contributed by atoms with Gasteiger partial charge in [0.1, 0.15) is 0 Å². The van der Waals surface area contributed by atoms with E-state index in [9.17, 15) is 0 Å². The van der Waals surface area contributed by atoms with Gasteiger partial charge < -0.3 is 9.88 Å². The third-order valence-corrected chi connectivity index (χ3v) is 4.99. The van der Waals surface area contributed by atoms with E-state index in [2.05, 4.69) is 74.5 Å². The molecule has 0 unspecified atom stereocenters. The molecular weight excluding hydrogens is 322 g/mol. The van der Waals surface area contributed by atoms with Crippen LogP contribution in [0.5, 0.6) is 0 Å². The van der Waals surface area contributed by atoms with Crippen molar-refractivity contribution in [2.75, 3.05) is 5.32 Å². The molecule has 0 fully saturated rings. The number of pyridine rings is 1. The van der Waals surface area contributed by atoms with Crippen LogP contribution in [0.1, 0.15) is 12.5 Å². The van der Waals surface area contributed by atoms with Gasteiger partial charge in [0, 0.05) is 46.8 Å². The van der Waals surface area contributed by atoms with E-state index in [4.69, 9.17) is 0 Å². The molecule has 0 amide bonds. The second-order valence-corrected chi connectivity index (χ2v) is 6.46. The molecule has 0 bridgehead atoms. The van der Waals surface area contributed by atoms with Gasteiger partial charge in [-0.05, 0) is 36.8 Å². The van der Waals surface area contributed by atoms with Gasteiger partial charge in [-0.25, -0.2) is 4.98 Å². The Kier molecular flexibility index (Phi) is 3.38. The highest BCUT2D eigenvalue weighted by atomic mass is 15.1. The number of aromatic nitrogens is 4. The number of hydrogen-bond acceptors (Lipinski definition) is 3. The van der Waals surface area contributed by atoms with Crippen molar-refractivity contribution in [2.24, 2.45) is 0 Å². The lowest BCUT2D eigenvalue weighted by Crippen LogP contribution is -2.00. The van der Waals surface area contributed by atoms with Crippen molar-refractivity contribution in [3.05, 3.63) is 66.5 Å². The van der Waals surface area contributed by atoms with Crippen molar-refractivity contribution in [1.82, 2.24) is 19.7 Å². The first-order chi connectivity index (χ1) is 12.8. The molecule has 0 spiro atoms. The van der Waals surface area contributed by atoms with Gasteiger partial charge in [-0.3, -0.25) is 5.10 Å². The predicted molar refractivity (Wildman–Crippen MR) is 106 cm³/mol. The summed E-state index contributed by atoms with van der Waals surface area (Å²) in [5, 5.41) is 14.1. The van der Waals surface area contributed by atoms with E-state index in [1.807, 2.05) is 12.3 Å². The molecule has 0 aliphatic heterocycles. The molecule has 2 aromatic carbocycles. The van der Waals surface area contributed by atoms with Crippen LogP contribution in [-0.4, -0.2) is 19.7 Å². The third kappa shape index (κ3) is 2.24. The monoisotopic (exact) mass is 341 g/mol. The number of para-hydroxylation sites is 1. The Morgan fingerprint density at radius 2 is 1.88 bits per heavy atom. The van der Waals surface area contributed by atoms with Gasteiger partial charge >= 0.3 is 0 Å². The van der Waals surface area contributed by atoms with Crippen LogP contribution in [0.25, 0.3) is 32.8 Å². The van der Waals surface area contributed by atoms with Crippen molar-refractivity contribution in [3.8, 4) is 0 Å². The van der Waals surface area contributed by atoms with Crippen LogP contribution in [0.15, 0.2) is 60.9 Å². The van der Waals surface area contributed by atoms with Crippen LogP contribution in [-0.2, 0) is 13.1 Å². The first-order valence-electron chi connectivity index (χ1n) is 8.87. The second-order valence-electron chi connectivity index (χ2n) is 6.46. The highest BCUT2D eigenvalue weighted by molar-refractivity contribution is 6.08. The minimum Gasteiger partial charge on any atom is -0.380 e. The lowest BCUT2D eigenvalue weighted by atomic mass is 10.1. The van der Waals surface area contributed by atoms with Gasteiger partial charge in [0.05, 0.1) is 11.6 Å². The standard InChI is InChI=1S/C21H19N5/c1-2-26-19-6-4-3-5-15(19)16-11-14(7-8-20(16)26)12-23-18-9-10-22-21-17(18)13-24-25-21/h3-11,13H,2,12H2,1H3,(H2,22,23,24,25). The highest BCUT2D eigenvalue weighted by Gasteiger charge is 2.10. The molecule has 0 radical (unpaired) electrons. The quantitative estimate of drug-likeness (QED) is 0.498. The summed E-state index contributed by atoms with van der Waals surface area (Å²) in [5.74, 6) is 0. The lowest BCUT2D eigenvalue weighted by molar-refractivity contribution is 0.827. The molecule has 0 saturated carbocycles. The van der Waals surface area contributed by atoms with Gasteiger partial charge in [-0.2, -0.15) is 5.10 Å². The van der Waals surface area contributed by atoms with Crippen molar-refractivity contribution in [2.45, 2.75) is 20.0 Å². The van der Waals surface area contributed by atoms with Crippen LogP contribution in [0.2, 0.25) is 0 Å². The highest BCUT2D eigenvalue weighted by Crippen LogP contribution is 2.30. The van der Waals surface area contributed by atoms with E-state index in [1.54, 1.807) is 6.20 Å². The van der Waals surface area contributed by atoms with Gasteiger partial charge in [-0.15, -0.1) is 0 Å². The van der Waals surface area contributed by atoms with E-state index >= 15 is 0 Å². The summed E-state index contributed by atoms with van der Waals surface area (Å²) in [4.78, 5) is 4.28. The molecule has 0 saturated heterocycles. The number of fused-ring (bicyclic) bond motifs is 4. The zero-order chi connectivity index (χ0) is 17.5. The Morgan fingerprint density at radius 1 is 1.00 bits per heavy atom. The summed E-state index contributed by atoms with van der Waals surface area (Å²) >= 11 is 0. The maximum atomic E-state index is 4.28. The van der Waals surface area contributed by atoms with Gasteiger partial charge in [-0.1, -0.05) is 24.3 Å². The van der Waals surface area contributed by atoms with E-state index < -0.39 is 0 Å². The topological polar surface area (TPSA) is 58.5 Å². The predicted octanol–water partition coefficient (Wildman–Crippen LogP) is 4.70. The molecule has 3 aromatic heterocycles. The van der Waals surface area contributed by atoms with E-state index in [1.165, 1.54) is 27.4 Å². The minimum atomic E-state index is 0.756. The average Bonchev–Trinajstić information content (AvgIpc) is 3.28. The molecular formula is C21H19N5. The Labute approximate surface area is 150 Å². The second kappa shape index (κ2) is 5.88. The van der Waals surface area contributed by atoms with Crippen LogP contribution in [0.4, 0.5) is 5.69 Å². The summed E-state index contributed by atoms with van der Waals surface area (Å²) in [6.45, 7) is 3.92. The number of H-pyrrole nitrogens is 1. The molecule has 26 heavy (non-hydrogen) atoms. The number of hydrogen-bond donors (Lipinski definition) is 2. The number of benzene rings is 2. The normalized spacial score (nSPS) is 11.6. The zero-order valence-electron chi connectivity index (χ0n) is 14.5. The largest absolute Gasteiger partial charge is 0.380 e. The van der Waals surface area contributed by atoms with Crippen LogP contribution in [0, 0.1) is 0 Å². The Hall–Kier alpha value is -3.34. The minimum absolute atomic E-state index is 0.756. The SMILES string of the molecule is CCn1c2ccccc2c2cc(CNc3ccnc4[nH]ncc34)ccc21. The number of rotatable bonds is 4. The van der Waals surface area contributed by atoms with Crippen LogP contribution in [0.3, 0.4) is 0 Å². The summed E-state index contributed by atoms with van der Waals surface area (Å²) in [6, 6.07) is 17.3. The summed E-state index contributed by atoms with van der Waals surface area (Å²) in [7, 11) is 0. The summed E-state index contributed by atoms with van der Waals surface area (Å²) in [5.41, 5.74) is 5.68. The molecule has 5 heteroatoms. The Bertz CT molecular complexity index is 1230. The first-order valence-corrected chi connectivity index (χ1v) is 8.87. The number of nitrogens with zero attached hydrogens (tertiary/aromatic N) is 3. The summed E-state index contributed by atoms with van der Waals surface area (Å²) in [6.07, 6.45) is 3.60. The molecule has 5 rings (SSSR count). The van der Waals surface area contributed by atoms with Crippen molar-refractivity contribution >= 4 is 38.5 Å². The number of anilines is 1. The maximum absolute atomic E-state index is 4.28. The molecule has 128 valence electrons. The summed E-state index contributed by atoms with van der Waals surface area (Å²) < 4.78 is 2.37. The molecule has 0 aliphatic carbocycles. The van der Waals surface area contributed by atoms with Gasteiger partial charge in [0.15, 0.2) is 5.65 Å².